The number of pyridine rings is 1. The first-order chi connectivity index (χ1) is 16.1. The average molecular weight is 473 g/mol. The second kappa shape index (κ2) is 9.29. The van der Waals surface area contributed by atoms with Crippen molar-refractivity contribution in [1.29, 1.82) is 0 Å². The minimum atomic E-state index is -2.88. The first-order valence-electron chi connectivity index (χ1n) is 11.4. The molecule has 2 aromatic heterocycles. The number of fused-ring (bicyclic) bond motifs is 1. The molecule has 0 saturated heterocycles. The number of alkyl halides is 2. The Labute approximate surface area is 196 Å². The average Bonchev–Trinajstić information content (AvgIpc) is 3.51. The van der Waals surface area contributed by atoms with Crippen molar-refractivity contribution in [3.05, 3.63) is 64.4 Å². The van der Waals surface area contributed by atoms with Crippen LogP contribution in [0.15, 0.2) is 51.9 Å². The van der Waals surface area contributed by atoms with Crippen LogP contribution in [0, 0.1) is 5.41 Å². The van der Waals surface area contributed by atoms with Gasteiger partial charge in [0, 0.05) is 42.7 Å². The largest absolute Gasteiger partial charge is 0.417 e. The van der Waals surface area contributed by atoms with Crippen molar-refractivity contribution in [2.75, 3.05) is 20.6 Å². The summed E-state index contributed by atoms with van der Waals surface area (Å²) in [6.07, 6.45) is 4.56. The zero-order valence-electron chi connectivity index (χ0n) is 19.6. The minimum absolute atomic E-state index is 0.0181. The van der Waals surface area contributed by atoms with Crippen LogP contribution in [0.2, 0.25) is 0 Å². The van der Waals surface area contributed by atoms with Crippen molar-refractivity contribution < 1.29 is 18.0 Å². The molecule has 1 fully saturated rings. The SMILES string of the molecule is CN(C)[C@H](CNC(=O)C[C@H](c1cccnc1)C1(C(C)(F)F)CC1)Cc1ccc2[nH]c(=O)oc2c1. The van der Waals surface area contributed by atoms with Crippen LogP contribution in [0.1, 0.15) is 43.2 Å². The molecule has 1 saturated carbocycles. The molecule has 182 valence electrons. The Bertz CT molecular complexity index is 1200. The van der Waals surface area contributed by atoms with Crippen molar-refractivity contribution in [3.63, 3.8) is 0 Å². The van der Waals surface area contributed by atoms with E-state index in [0.717, 1.165) is 12.5 Å². The fourth-order valence-corrected chi connectivity index (χ4v) is 4.76. The predicted octanol–water partition coefficient (Wildman–Crippen LogP) is 3.71. The molecule has 4 rings (SSSR count). The summed E-state index contributed by atoms with van der Waals surface area (Å²) in [5.41, 5.74) is 1.54. The highest BCUT2D eigenvalue weighted by Crippen LogP contribution is 2.65. The van der Waals surface area contributed by atoms with Gasteiger partial charge in [-0.25, -0.2) is 13.6 Å². The minimum Gasteiger partial charge on any atom is -0.408 e. The van der Waals surface area contributed by atoms with Crippen molar-refractivity contribution in [2.45, 2.75) is 50.5 Å². The number of halogens is 2. The van der Waals surface area contributed by atoms with Gasteiger partial charge in [-0.3, -0.25) is 14.8 Å². The Hall–Kier alpha value is -3.07. The van der Waals surface area contributed by atoms with E-state index in [2.05, 4.69) is 15.3 Å². The zero-order valence-corrected chi connectivity index (χ0v) is 19.6. The number of nitrogens with one attached hydrogen (secondary N) is 2. The number of H-pyrrole nitrogens is 1. The van der Waals surface area contributed by atoms with Gasteiger partial charge in [0.1, 0.15) is 0 Å². The van der Waals surface area contributed by atoms with E-state index < -0.39 is 23.0 Å². The number of carbonyl (C=O) groups is 1. The van der Waals surface area contributed by atoms with E-state index >= 15 is 0 Å². The maximum absolute atomic E-state index is 14.5. The number of rotatable bonds is 10. The highest BCUT2D eigenvalue weighted by Gasteiger charge is 2.63. The zero-order chi connectivity index (χ0) is 24.5. The first-order valence-corrected chi connectivity index (χ1v) is 11.4. The van der Waals surface area contributed by atoms with Crippen LogP contribution in [0.25, 0.3) is 11.1 Å². The molecule has 1 aliphatic carbocycles. The van der Waals surface area contributed by atoms with Crippen LogP contribution >= 0.6 is 0 Å². The summed E-state index contributed by atoms with van der Waals surface area (Å²) < 4.78 is 34.2. The quantitative estimate of drug-likeness (QED) is 0.469. The third-order valence-corrected chi connectivity index (χ3v) is 7.03. The number of benzene rings is 1. The van der Waals surface area contributed by atoms with E-state index in [1.54, 1.807) is 30.6 Å². The fourth-order valence-electron chi connectivity index (χ4n) is 4.76. The van der Waals surface area contributed by atoms with Crippen LogP contribution < -0.4 is 11.1 Å². The van der Waals surface area contributed by atoms with E-state index in [4.69, 9.17) is 4.42 Å². The van der Waals surface area contributed by atoms with E-state index in [9.17, 15) is 18.4 Å². The van der Waals surface area contributed by atoms with Crippen molar-refractivity contribution in [2.24, 2.45) is 5.41 Å². The standard InChI is InChI=1S/C25H30F2N4O3/c1-24(26,27)25(8-9-25)19(17-5-4-10-28-14-17)13-22(32)29-15-18(31(2)3)11-16-6-7-20-21(12-16)34-23(33)30-20/h4-7,10,12,14,18-19H,8-9,11,13,15H2,1-3H3,(H,29,32)(H,30,33)/t18-,19+/m0/s1. The van der Waals surface area contributed by atoms with Crippen molar-refractivity contribution in [3.8, 4) is 0 Å². The van der Waals surface area contributed by atoms with Crippen LogP contribution in [0.3, 0.4) is 0 Å². The molecule has 0 radical (unpaired) electrons. The maximum atomic E-state index is 14.5. The van der Waals surface area contributed by atoms with Gasteiger partial charge >= 0.3 is 5.76 Å². The summed E-state index contributed by atoms with van der Waals surface area (Å²) in [6, 6.07) is 8.96. The number of amides is 1. The summed E-state index contributed by atoms with van der Waals surface area (Å²) >= 11 is 0. The third kappa shape index (κ3) is 5.04. The molecule has 1 aromatic carbocycles. The lowest BCUT2D eigenvalue weighted by atomic mass is 9.77. The van der Waals surface area contributed by atoms with Crippen LogP contribution in [-0.2, 0) is 11.2 Å². The van der Waals surface area contributed by atoms with Crippen LogP contribution in [0.5, 0.6) is 0 Å². The highest BCUT2D eigenvalue weighted by atomic mass is 19.3. The Kier molecular flexibility index (Phi) is 6.58. The molecular weight excluding hydrogens is 442 g/mol. The molecule has 0 bridgehead atoms. The van der Waals surface area contributed by atoms with Crippen molar-refractivity contribution in [1.82, 2.24) is 20.2 Å². The summed E-state index contributed by atoms with van der Waals surface area (Å²) in [5.74, 6) is -4.25. The number of aromatic amines is 1. The number of oxazole rings is 1. The monoisotopic (exact) mass is 472 g/mol. The number of hydrogen-bond donors (Lipinski definition) is 2. The molecular formula is C25H30F2N4O3. The van der Waals surface area contributed by atoms with Gasteiger partial charge in [-0.15, -0.1) is 0 Å². The smallest absolute Gasteiger partial charge is 0.408 e. The molecule has 3 aromatic rings. The highest BCUT2D eigenvalue weighted by molar-refractivity contribution is 5.77. The summed E-state index contributed by atoms with van der Waals surface area (Å²) in [6.45, 7) is 1.31. The molecule has 2 N–H and O–H groups in total. The van der Waals surface area contributed by atoms with E-state index in [0.29, 0.717) is 42.5 Å². The lowest BCUT2D eigenvalue weighted by molar-refractivity contribution is -0.123. The number of likely N-dealkylation sites (N-methyl/N-ethyl adjacent to an activating group) is 1. The Morgan fingerprint density at radius 2 is 2.09 bits per heavy atom. The summed E-state index contributed by atoms with van der Waals surface area (Å²) in [5, 5.41) is 2.95. The van der Waals surface area contributed by atoms with Gasteiger partial charge in [0.2, 0.25) is 5.91 Å². The Morgan fingerprint density at radius 3 is 2.71 bits per heavy atom. The van der Waals surface area contributed by atoms with Gasteiger partial charge in [0.15, 0.2) is 5.58 Å². The predicted molar refractivity (Wildman–Crippen MR) is 125 cm³/mol. The fraction of sp³-hybridized carbons (Fsp3) is 0.480. The van der Waals surface area contributed by atoms with Gasteiger partial charge in [-0.05, 0) is 69.6 Å². The van der Waals surface area contributed by atoms with Gasteiger partial charge in [-0.2, -0.15) is 0 Å². The molecule has 0 unspecified atom stereocenters. The summed E-state index contributed by atoms with van der Waals surface area (Å²) in [4.78, 5) is 33.0. The second-order valence-electron chi connectivity index (χ2n) is 9.56. The molecule has 1 aliphatic rings. The molecule has 2 heterocycles. The lowest BCUT2D eigenvalue weighted by Crippen LogP contribution is -2.43. The first kappa shape index (κ1) is 24.1. The Balaban J connectivity index is 1.44. The van der Waals surface area contributed by atoms with E-state index in [1.165, 1.54) is 0 Å². The van der Waals surface area contributed by atoms with Gasteiger partial charge in [0.05, 0.1) is 5.52 Å². The maximum Gasteiger partial charge on any atom is 0.417 e. The topological polar surface area (TPSA) is 91.2 Å². The number of hydrogen-bond acceptors (Lipinski definition) is 5. The van der Waals surface area contributed by atoms with Gasteiger partial charge < -0.3 is 14.6 Å². The third-order valence-electron chi connectivity index (χ3n) is 7.03. The summed E-state index contributed by atoms with van der Waals surface area (Å²) in [7, 11) is 3.84. The molecule has 0 spiro atoms. The number of nitrogens with zero attached hydrogens (tertiary/aromatic N) is 2. The normalized spacial score (nSPS) is 17.0. The number of carbonyl (C=O) groups excluding carboxylic acids is 1. The van der Waals surface area contributed by atoms with Crippen molar-refractivity contribution >= 4 is 17.0 Å². The van der Waals surface area contributed by atoms with E-state index in [1.807, 2.05) is 31.1 Å². The molecule has 1 amide bonds. The molecule has 9 heteroatoms. The van der Waals surface area contributed by atoms with Crippen LogP contribution in [-0.4, -0.2) is 53.4 Å². The number of aromatic nitrogens is 2. The van der Waals surface area contributed by atoms with E-state index in [-0.39, 0.29) is 18.4 Å². The van der Waals surface area contributed by atoms with Gasteiger partial charge in [0.25, 0.3) is 5.92 Å². The molecule has 0 aliphatic heterocycles. The molecule has 34 heavy (non-hydrogen) atoms. The molecule has 7 nitrogen and oxygen atoms in total. The molecule has 2 atom stereocenters. The van der Waals surface area contributed by atoms with Crippen LogP contribution in [0.4, 0.5) is 8.78 Å². The second-order valence-corrected chi connectivity index (χ2v) is 9.56. The Morgan fingerprint density at radius 1 is 1.32 bits per heavy atom. The lowest BCUT2D eigenvalue weighted by Gasteiger charge is -2.32. The van der Waals surface area contributed by atoms with Gasteiger partial charge in [-0.1, -0.05) is 12.1 Å².